The van der Waals surface area contributed by atoms with Crippen molar-refractivity contribution >= 4 is 0 Å². The maximum Gasteiger partial charge on any atom is 0.0208 e. The average Bonchev–Trinajstić information content (AvgIpc) is 2.56. The number of benzene rings is 1. The van der Waals surface area contributed by atoms with E-state index in [1.54, 1.807) is 0 Å². The number of nitrogens with one attached hydrogen (secondary N) is 1. The Morgan fingerprint density at radius 2 is 1.62 bits per heavy atom. The van der Waals surface area contributed by atoms with E-state index in [1.807, 2.05) is 0 Å². The maximum absolute atomic E-state index is 3.74. The maximum atomic E-state index is 3.74. The molecule has 2 heteroatoms. The molecule has 2 aliphatic rings. The fourth-order valence-corrected chi connectivity index (χ4v) is 3.91. The standard InChI is InChI=1S/C19H30N2/c1-3-7-17(8-4-1)15-20-19-11-13-21(14-12-19)16-18-9-5-2-6-10-18/h1,3-4,7-8,18-20H,2,5-6,9-16H2. The van der Waals surface area contributed by atoms with Crippen LogP contribution >= 0.6 is 0 Å². The van der Waals surface area contributed by atoms with Crippen LogP contribution in [0, 0.1) is 5.92 Å². The summed E-state index contributed by atoms with van der Waals surface area (Å²) in [7, 11) is 0. The molecule has 0 spiro atoms. The van der Waals surface area contributed by atoms with Gasteiger partial charge in [-0.05, 0) is 50.3 Å². The Morgan fingerprint density at radius 3 is 2.33 bits per heavy atom. The van der Waals surface area contributed by atoms with Gasteiger partial charge in [0.2, 0.25) is 0 Å². The van der Waals surface area contributed by atoms with Crippen LogP contribution in [0.5, 0.6) is 0 Å². The Balaban J connectivity index is 1.35. The van der Waals surface area contributed by atoms with Gasteiger partial charge in [-0.2, -0.15) is 0 Å². The molecule has 2 fully saturated rings. The summed E-state index contributed by atoms with van der Waals surface area (Å²) in [5.41, 5.74) is 1.40. The van der Waals surface area contributed by atoms with Crippen LogP contribution in [0.3, 0.4) is 0 Å². The SMILES string of the molecule is c1ccc(CNC2CCN(CC3CCCCC3)CC2)cc1. The second kappa shape index (κ2) is 7.95. The van der Waals surface area contributed by atoms with Crippen molar-refractivity contribution in [3.63, 3.8) is 0 Å². The van der Waals surface area contributed by atoms with Crippen molar-refractivity contribution in [2.75, 3.05) is 19.6 Å². The lowest BCUT2D eigenvalue weighted by atomic mass is 9.88. The molecule has 0 unspecified atom stereocenters. The van der Waals surface area contributed by atoms with E-state index in [-0.39, 0.29) is 0 Å². The van der Waals surface area contributed by atoms with Gasteiger partial charge in [-0.3, -0.25) is 0 Å². The van der Waals surface area contributed by atoms with Gasteiger partial charge < -0.3 is 10.2 Å². The molecule has 0 aromatic heterocycles. The highest BCUT2D eigenvalue weighted by Crippen LogP contribution is 2.25. The van der Waals surface area contributed by atoms with Crippen LogP contribution in [0.2, 0.25) is 0 Å². The van der Waals surface area contributed by atoms with Gasteiger partial charge in [0.05, 0.1) is 0 Å². The van der Waals surface area contributed by atoms with Crippen molar-refractivity contribution in [1.29, 1.82) is 0 Å². The minimum Gasteiger partial charge on any atom is -0.310 e. The lowest BCUT2D eigenvalue weighted by Gasteiger charge is -2.35. The number of nitrogens with zero attached hydrogens (tertiary/aromatic N) is 1. The van der Waals surface area contributed by atoms with Crippen molar-refractivity contribution in [3.05, 3.63) is 35.9 Å². The predicted molar refractivity (Wildman–Crippen MR) is 89.3 cm³/mol. The lowest BCUT2D eigenvalue weighted by Crippen LogP contribution is -2.44. The zero-order valence-electron chi connectivity index (χ0n) is 13.3. The molecule has 1 saturated heterocycles. The Hall–Kier alpha value is -0.860. The summed E-state index contributed by atoms with van der Waals surface area (Å²) < 4.78 is 0. The quantitative estimate of drug-likeness (QED) is 0.885. The van der Waals surface area contributed by atoms with E-state index in [9.17, 15) is 0 Å². The van der Waals surface area contributed by atoms with Crippen LogP contribution in [0.15, 0.2) is 30.3 Å². The Morgan fingerprint density at radius 1 is 0.905 bits per heavy atom. The van der Waals surface area contributed by atoms with Gasteiger partial charge in [-0.1, -0.05) is 49.6 Å². The smallest absolute Gasteiger partial charge is 0.0208 e. The van der Waals surface area contributed by atoms with E-state index in [4.69, 9.17) is 0 Å². The fraction of sp³-hybridized carbons (Fsp3) is 0.684. The first-order valence-corrected chi connectivity index (χ1v) is 8.90. The summed E-state index contributed by atoms with van der Waals surface area (Å²) >= 11 is 0. The molecule has 116 valence electrons. The molecular formula is C19H30N2. The molecule has 0 radical (unpaired) electrons. The molecule has 1 aromatic rings. The predicted octanol–water partition coefficient (Wildman–Crippen LogP) is 3.82. The van der Waals surface area contributed by atoms with Gasteiger partial charge in [0, 0.05) is 19.1 Å². The number of piperidine rings is 1. The van der Waals surface area contributed by atoms with Gasteiger partial charge in [-0.25, -0.2) is 0 Å². The molecule has 21 heavy (non-hydrogen) atoms. The van der Waals surface area contributed by atoms with Gasteiger partial charge in [-0.15, -0.1) is 0 Å². The lowest BCUT2D eigenvalue weighted by molar-refractivity contribution is 0.155. The van der Waals surface area contributed by atoms with E-state index >= 15 is 0 Å². The monoisotopic (exact) mass is 286 g/mol. The van der Waals surface area contributed by atoms with Crippen LogP contribution in [-0.4, -0.2) is 30.6 Å². The molecule has 0 bridgehead atoms. The molecule has 1 aromatic carbocycles. The molecule has 2 nitrogen and oxygen atoms in total. The Bertz CT molecular complexity index is 389. The third-order valence-electron chi connectivity index (χ3n) is 5.27. The second-order valence-corrected chi connectivity index (χ2v) is 6.95. The molecule has 3 rings (SSSR count). The number of hydrogen-bond acceptors (Lipinski definition) is 2. The normalized spacial score (nSPS) is 22.5. The summed E-state index contributed by atoms with van der Waals surface area (Å²) in [4.78, 5) is 2.72. The Kier molecular flexibility index (Phi) is 5.70. The molecule has 1 aliphatic heterocycles. The average molecular weight is 286 g/mol. The topological polar surface area (TPSA) is 15.3 Å². The summed E-state index contributed by atoms with van der Waals surface area (Å²) in [5.74, 6) is 0.993. The third-order valence-corrected chi connectivity index (χ3v) is 5.27. The minimum atomic E-state index is 0.716. The number of rotatable bonds is 5. The van der Waals surface area contributed by atoms with Crippen molar-refractivity contribution in [1.82, 2.24) is 10.2 Å². The summed E-state index contributed by atoms with van der Waals surface area (Å²) in [6, 6.07) is 11.5. The molecule has 0 atom stereocenters. The zero-order valence-corrected chi connectivity index (χ0v) is 13.3. The Labute approximate surface area is 129 Å². The highest BCUT2D eigenvalue weighted by Gasteiger charge is 2.22. The van der Waals surface area contributed by atoms with Gasteiger partial charge >= 0.3 is 0 Å². The van der Waals surface area contributed by atoms with Crippen LogP contribution < -0.4 is 5.32 Å². The van der Waals surface area contributed by atoms with Crippen molar-refractivity contribution in [2.24, 2.45) is 5.92 Å². The van der Waals surface area contributed by atoms with Gasteiger partial charge in [0.15, 0.2) is 0 Å². The van der Waals surface area contributed by atoms with E-state index in [2.05, 4.69) is 40.5 Å². The van der Waals surface area contributed by atoms with E-state index in [0.717, 1.165) is 12.5 Å². The van der Waals surface area contributed by atoms with Crippen LogP contribution in [0.25, 0.3) is 0 Å². The molecule has 1 saturated carbocycles. The highest BCUT2D eigenvalue weighted by molar-refractivity contribution is 5.14. The summed E-state index contributed by atoms with van der Waals surface area (Å²) in [6.07, 6.45) is 10.0. The number of likely N-dealkylation sites (tertiary alicyclic amines) is 1. The summed E-state index contributed by atoms with van der Waals surface area (Å²) in [5, 5.41) is 3.74. The summed E-state index contributed by atoms with van der Waals surface area (Å²) in [6.45, 7) is 4.98. The highest BCUT2D eigenvalue weighted by atomic mass is 15.1. The van der Waals surface area contributed by atoms with Crippen LogP contribution in [0.1, 0.15) is 50.5 Å². The fourth-order valence-electron chi connectivity index (χ4n) is 3.91. The first kappa shape index (κ1) is 15.1. The van der Waals surface area contributed by atoms with Crippen molar-refractivity contribution < 1.29 is 0 Å². The minimum absolute atomic E-state index is 0.716. The van der Waals surface area contributed by atoms with Gasteiger partial charge in [0.1, 0.15) is 0 Å². The van der Waals surface area contributed by atoms with Gasteiger partial charge in [0.25, 0.3) is 0 Å². The first-order chi connectivity index (χ1) is 10.4. The molecule has 1 aliphatic carbocycles. The van der Waals surface area contributed by atoms with Crippen molar-refractivity contribution in [3.8, 4) is 0 Å². The van der Waals surface area contributed by atoms with Crippen LogP contribution in [-0.2, 0) is 6.54 Å². The first-order valence-electron chi connectivity index (χ1n) is 8.90. The largest absolute Gasteiger partial charge is 0.310 e. The van der Waals surface area contributed by atoms with E-state index in [1.165, 1.54) is 70.1 Å². The molecule has 0 amide bonds. The number of hydrogen-bond donors (Lipinski definition) is 1. The third kappa shape index (κ3) is 4.82. The zero-order chi connectivity index (χ0) is 14.3. The molecular weight excluding hydrogens is 256 g/mol. The van der Waals surface area contributed by atoms with Crippen LogP contribution in [0.4, 0.5) is 0 Å². The molecule has 1 heterocycles. The second-order valence-electron chi connectivity index (χ2n) is 6.95. The van der Waals surface area contributed by atoms with Crippen molar-refractivity contribution in [2.45, 2.75) is 57.5 Å². The molecule has 1 N–H and O–H groups in total. The van der Waals surface area contributed by atoms with E-state index in [0.29, 0.717) is 6.04 Å². The van der Waals surface area contributed by atoms with E-state index < -0.39 is 0 Å².